The molecule has 0 aliphatic carbocycles. The van der Waals surface area contributed by atoms with Crippen molar-refractivity contribution >= 4 is 39.6 Å². The molecule has 2 unspecified atom stereocenters. The number of fused-ring (bicyclic) bond motifs is 1. The highest BCUT2D eigenvalue weighted by Gasteiger charge is 2.77. The van der Waals surface area contributed by atoms with Crippen LogP contribution < -0.4 is 5.32 Å². The molecule has 0 aromatic heterocycles. The molecule has 2 bridgehead atoms. The second-order valence-electron chi connectivity index (χ2n) is 13.3. The van der Waals surface area contributed by atoms with Gasteiger partial charge in [0.1, 0.15) is 17.7 Å². The number of rotatable bonds is 17. The molecule has 11 heteroatoms. The molecule has 47 heavy (non-hydrogen) atoms. The number of hydrogen-bond donors (Lipinski definition) is 2. The van der Waals surface area contributed by atoms with E-state index >= 15 is 0 Å². The zero-order chi connectivity index (χ0) is 34.5. The zero-order valence-corrected chi connectivity index (χ0v) is 29.6. The van der Waals surface area contributed by atoms with Crippen LogP contribution in [-0.2, 0) is 28.7 Å². The van der Waals surface area contributed by atoms with Gasteiger partial charge in [0.2, 0.25) is 17.7 Å². The van der Waals surface area contributed by atoms with Gasteiger partial charge in [0.05, 0.1) is 37.1 Å². The van der Waals surface area contributed by atoms with E-state index in [4.69, 9.17) is 9.47 Å². The van der Waals surface area contributed by atoms with Crippen molar-refractivity contribution in [2.75, 3.05) is 19.7 Å². The van der Waals surface area contributed by atoms with Gasteiger partial charge in [0.25, 0.3) is 0 Å². The van der Waals surface area contributed by atoms with Gasteiger partial charge in [-0.1, -0.05) is 85.6 Å². The minimum absolute atomic E-state index is 0.0461. The summed E-state index contributed by atoms with van der Waals surface area (Å²) in [5.41, 5.74) is -0.609. The molecule has 3 saturated heterocycles. The van der Waals surface area contributed by atoms with Gasteiger partial charge in [-0.2, -0.15) is 0 Å². The van der Waals surface area contributed by atoms with E-state index in [1.165, 1.54) is 4.90 Å². The predicted molar refractivity (Wildman–Crippen MR) is 182 cm³/mol. The monoisotopic (exact) mass is 715 g/mol. The average Bonchev–Trinajstić information content (AvgIpc) is 3.64. The van der Waals surface area contributed by atoms with E-state index in [2.05, 4.69) is 41.3 Å². The number of alkyl halides is 1. The SMILES string of the molecule is C=CCCC(=O)NC[C@@H](OC(=O)[C@@H]1[C@H]2O[C@@]3(CC2Br)[C@H](C(=O)N(CC=C)C(C)CCC)N([C@@H](CO)C(C)C)C(=O)[C@@H]13)c1ccccc1. The number of ether oxygens (including phenoxy) is 2. The summed E-state index contributed by atoms with van der Waals surface area (Å²) in [5.74, 6) is -3.66. The Hall–Kier alpha value is -3.02. The van der Waals surface area contributed by atoms with Crippen LogP contribution in [0.3, 0.4) is 0 Å². The Balaban J connectivity index is 1.72. The summed E-state index contributed by atoms with van der Waals surface area (Å²) in [6.07, 6.45) is 4.55. The van der Waals surface area contributed by atoms with Crippen LogP contribution in [0.4, 0.5) is 0 Å². The number of allylic oxidation sites excluding steroid dienone is 1. The fourth-order valence-corrected chi connectivity index (χ4v) is 8.54. The van der Waals surface area contributed by atoms with Crippen molar-refractivity contribution in [1.82, 2.24) is 15.1 Å². The molecule has 1 aromatic rings. The first-order valence-corrected chi connectivity index (χ1v) is 17.7. The standard InChI is InChI=1S/C36H50BrN3O7/c1-7-10-17-28(42)38-20-27(24-15-12-11-13-16-24)46-35(45)29-30-33(43)40(26(21-41)22(4)5)32(36(30)19-25(37)31(29)47-36)34(44)39(18-9-3)23(6)14-8-2/h7,9,11-13,15-16,22-23,25-27,29-32,41H,1,3,8,10,14,17-21H2,2,4-6H3,(H,38,42)/t23?,25?,26-,27+,29-,30+,31-,32-,36+/m0/s1. The maximum atomic E-state index is 14.7. The maximum Gasteiger partial charge on any atom is 0.313 e. The number of halogens is 1. The largest absolute Gasteiger partial charge is 0.455 e. The summed E-state index contributed by atoms with van der Waals surface area (Å²) in [5, 5.41) is 13.4. The Labute approximate surface area is 287 Å². The van der Waals surface area contributed by atoms with Crippen molar-refractivity contribution < 1.29 is 33.8 Å². The number of nitrogens with one attached hydrogen (secondary N) is 1. The predicted octanol–water partition coefficient (Wildman–Crippen LogP) is 4.32. The molecular formula is C36H50BrN3O7. The van der Waals surface area contributed by atoms with Gasteiger partial charge in [-0.25, -0.2) is 0 Å². The van der Waals surface area contributed by atoms with E-state index in [0.717, 1.165) is 12.8 Å². The number of aliphatic hydroxyl groups is 1. The van der Waals surface area contributed by atoms with Crippen LogP contribution in [-0.4, -0.2) is 93.0 Å². The van der Waals surface area contributed by atoms with E-state index in [9.17, 15) is 24.3 Å². The molecule has 0 saturated carbocycles. The van der Waals surface area contributed by atoms with Gasteiger partial charge >= 0.3 is 5.97 Å². The minimum Gasteiger partial charge on any atom is -0.455 e. The molecule has 1 spiro atoms. The van der Waals surface area contributed by atoms with Crippen LogP contribution in [0.15, 0.2) is 55.6 Å². The molecule has 9 atom stereocenters. The van der Waals surface area contributed by atoms with Crippen LogP contribution in [0.5, 0.6) is 0 Å². The Kier molecular flexibility index (Phi) is 12.5. The lowest BCUT2D eigenvalue weighted by Gasteiger charge is -2.41. The van der Waals surface area contributed by atoms with Gasteiger partial charge in [-0.05, 0) is 37.7 Å². The van der Waals surface area contributed by atoms with Gasteiger partial charge in [0.15, 0.2) is 0 Å². The van der Waals surface area contributed by atoms with Crippen LogP contribution in [0, 0.1) is 17.8 Å². The van der Waals surface area contributed by atoms with Gasteiger partial charge in [-0.3, -0.25) is 19.2 Å². The number of carbonyl (C=O) groups excluding carboxylic acids is 4. The smallest absolute Gasteiger partial charge is 0.313 e. The third-order valence-corrected chi connectivity index (χ3v) is 10.7. The number of likely N-dealkylation sites (tertiary alicyclic amines) is 1. The van der Waals surface area contributed by atoms with Crippen molar-refractivity contribution in [2.45, 2.75) is 101 Å². The number of amides is 3. The van der Waals surface area contributed by atoms with Crippen molar-refractivity contribution in [2.24, 2.45) is 17.8 Å². The summed E-state index contributed by atoms with van der Waals surface area (Å²) in [6.45, 7) is 15.3. The topological polar surface area (TPSA) is 125 Å². The Morgan fingerprint density at radius 2 is 1.91 bits per heavy atom. The quantitative estimate of drug-likeness (QED) is 0.140. The van der Waals surface area contributed by atoms with Gasteiger partial charge < -0.3 is 29.7 Å². The van der Waals surface area contributed by atoms with Gasteiger partial charge in [0, 0.05) is 23.8 Å². The third kappa shape index (κ3) is 7.22. The molecule has 3 amide bonds. The van der Waals surface area contributed by atoms with Crippen LogP contribution in [0.2, 0.25) is 0 Å². The molecule has 4 rings (SSSR count). The number of nitrogens with zero attached hydrogens (tertiary/aromatic N) is 2. The molecular weight excluding hydrogens is 666 g/mol. The summed E-state index contributed by atoms with van der Waals surface area (Å²) < 4.78 is 12.8. The first-order valence-electron chi connectivity index (χ1n) is 16.8. The summed E-state index contributed by atoms with van der Waals surface area (Å²) in [4.78, 5) is 59.0. The first kappa shape index (κ1) is 36.8. The number of aliphatic hydroxyl groups excluding tert-OH is 1. The van der Waals surface area contributed by atoms with Crippen molar-refractivity contribution in [1.29, 1.82) is 0 Å². The summed E-state index contributed by atoms with van der Waals surface area (Å²) in [6, 6.07) is 7.29. The van der Waals surface area contributed by atoms with Crippen molar-refractivity contribution in [3.05, 3.63) is 61.2 Å². The number of hydrogen-bond acceptors (Lipinski definition) is 7. The lowest BCUT2D eigenvalue weighted by atomic mass is 9.70. The van der Waals surface area contributed by atoms with E-state index in [1.54, 1.807) is 17.1 Å². The molecule has 3 fully saturated rings. The maximum absolute atomic E-state index is 14.7. The lowest BCUT2D eigenvalue weighted by Crippen LogP contribution is -2.61. The molecule has 0 radical (unpaired) electrons. The second kappa shape index (κ2) is 15.9. The van der Waals surface area contributed by atoms with Crippen LogP contribution in [0.25, 0.3) is 0 Å². The van der Waals surface area contributed by atoms with Crippen molar-refractivity contribution in [3.8, 4) is 0 Å². The fourth-order valence-electron chi connectivity index (χ4n) is 7.59. The summed E-state index contributed by atoms with van der Waals surface area (Å²) in [7, 11) is 0. The van der Waals surface area contributed by atoms with E-state index < -0.39 is 53.6 Å². The normalized spacial score (nSPS) is 28.0. The molecule has 10 nitrogen and oxygen atoms in total. The van der Waals surface area contributed by atoms with Gasteiger partial charge in [-0.15, -0.1) is 13.2 Å². The van der Waals surface area contributed by atoms with Crippen LogP contribution >= 0.6 is 15.9 Å². The third-order valence-electron chi connectivity index (χ3n) is 9.88. The molecule has 3 heterocycles. The number of esters is 1. The highest BCUT2D eigenvalue weighted by Crippen LogP contribution is 2.61. The van der Waals surface area contributed by atoms with Crippen LogP contribution in [0.1, 0.15) is 71.5 Å². The Morgan fingerprint density at radius 1 is 1.21 bits per heavy atom. The van der Waals surface area contributed by atoms with E-state index in [1.807, 2.05) is 51.1 Å². The molecule has 2 N–H and O–H groups in total. The van der Waals surface area contributed by atoms with E-state index in [0.29, 0.717) is 18.4 Å². The van der Waals surface area contributed by atoms with Crippen molar-refractivity contribution in [3.63, 3.8) is 0 Å². The highest BCUT2D eigenvalue weighted by molar-refractivity contribution is 9.09. The summed E-state index contributed by atoms with van der Waals surface area (Å²) >= 11 is 3.72. The Morgan fingerprint density at radius 3 is 2.51 bits per heavy atom. The Bertz CT molecular complexity index is 1310. The molecule has 3 aliphatic rings. The lowest BCUT2D eigenvalue weighted by molar-refractivity contribution is -0.161. The highest BCUT2D eigenvalue weighted by atomic mass is 79.9. The number of benzene rings is 1. The second-order valence-corrected chi connectivity index (χ2v) is 14.5. The number of carbonyl (C=O) groups is 4. The van der Waals surface area contributed by atoms with E-state index in [-0.39, 0.29) is 54.7 Å². The molecule has 3 aliphatic heterocycles. The zero-order valence-electron chi connectivity index (χ0n) is 28.0. The molecule has 1 aromatic carbocycles. The fraction of sp³-hybridized carbons (Fsp3) is 0.611. The first-order chi connectivity index (χ1) is 22.5. The average molecular weight is 717 g/mol. The minimum atomic E-state index is -1.30. The molecule has 258 valence electrons.